The molecular formula is C27H31NO3. The Morgan fingerprint density at radius 3 is 2.35 bits per heavy atom. The van der Waals surface area contributed by atoms with Crippen LogP contribution in [0, 0.1) is 5.92 Å². The van der Waals surface area contributed by atoms with E-state index in [4.69, 9.17) is 14.5 Å². The van der Waals surface area contributed by atoms with Crippen LogP contribution in [-0.2, 0) is 9.47 Å². The van der Waals surface area contributed by atoms with Gasteiger partial charge in [-0.05, 0) is 45.7 Å². The molecule has 162 valence electrons. The van der Waals surface area contributed by atoms with Gasteiger partial charge in [0.2, 0.25) is 0 Å². The predicted molar refractivity (Wildman–Crippen MR) is 124 cm³/mol. The summed E-state index contributed by atoms with van der Waals surface area (Å²) in [5, 5.41) is 1.03. The van der Waals surface area contributed by atoms with E-state index in [0.29, 0.717) is 0 Å². The molecule has 2 aromatic carbocycles. The van der Waals surface area contributed by atoms with Crippen molar-refractivity contribution in [2.75, 3.05) is 0 Å². The minimum absolute atomic E-state index is 0.274. The number of ether oxygens (including phenoxy) is 2. The number of carbonyl (C=O) groups is 1. The number of fused-ring (bicyclic) bond motifs is 1. The van der Waals surface area contributed by atoms with Gasteiger partial charge in [-0.2, -0.15) is 0 Å². The van der Waals surface area contributed by atoms with Gasteiger partial charge in [0, 0.05) is 22.4 Å². The van der Waals surface area contributed by atoms with Gasteiger partial charge < -0.3 is 9.47 Å². The summed E-state index contributed by atoms with van der Waals surface area (Å²) in [7, 11) is 0. The number of aromatic nitrogens is 1. The molecule has 0 amide bonds. The third-order valence-electron chi connectivity index (χ3n) is 5.81. The first-order valence-electron chi connectivity index (χ1n) is 11.3. The van der Waals surface area contributed by atoms with Crippen LogP contribution in [-0.4, -0.2) is 16.7 Å². The van der Waals surface area contributed by atoms with E-state index in [2.05, 4.69) is 24.3 Å². The van der Waals surface area contributed by atoms with Crippen molar-refractivity contribution in [1.29, 1.82) is 0 Å². The summed E-state index contributed by atoms with van der Waals surface area (Å²) >= 11 is 0. The van der Waals surface area contributed by atoms with Gasteiger partial charge in [0.15, 0.2) is 0 Å². The van der Waals surface area contributed by atoms with Crippen LogP contribution in [0.2, 0.25) is 0 Å². The van der Waals surface area contributed by atoms with Crippen LogP contribution in [0.25, 0.3) is 22.2 Å². The summed E-state index contributed by atoms with van der Waals surface area (Å²) in [6, 6.07) is 20.4. The van der Waals surface area contributed by atoms with Crippen molar-refractivity contribution in [3.63, 3.8) is 0 Å². The van der Waals surface area contributed by atoms with Crippen LogP contribution in [0.3, 0.4) is 0 Å². The molecule has 4 rings (SSSR count). The number of benzene rings is 2. The molecular weight excluding hydrogens is 386 g/mol. The van der Waals surface area contributed by atoms with Crippen molar-refractivity contribution in [3.05, 3.63) is 66.2 Å². The van der Waals surface area contributed by atoms with Gasteiger partial charge in [-0.1, -0.05) is 67.8 Å². The van der Waals surface area contributed by atoms with E-state index in [1.54, 1.807) is 0 Å². The highest BCUT2D eigenvalue weighted by Crippen LogP contribution is 2.41. The number of rotatable bonds is 4. The molecule has 1 aliphatic rings. The van der Waals surface area contributed by atoms with Crippen LogP contribution in [0.5, 0.6) is 0 Å². The van der Waals surface area contributed by atoms with E-state index in [1.807, 2.05) is 57.2 Å². The Balaban J connectivity index is 1.80. The fraction of sp³-hybridized carbons (Fsp3) is 0.407. The van der Waals surface area contributed by atoms with E-state index >= 15 is 0 Å². The largest absolute Gasteiger partial charge is 0.509 e. The van der Waals surface area contributed by atoms with Gasteiger partial charge in [-0.15, -0.1) is 0 Å². The molecule has 31 heavy (non-hydrogen) atoms. The monoisotopic (exact) mass is 417 g/mol. The molecule has 0 aliphatic heterocycles. The molecule has 0 radical (unpaired) electrons. The van der Waals surface area contributed by atoms with Crippen LogP contribution in [0.4, 0.5) is 4.79 Å². The maximum atomic E-state index is 12.7. The Labute approximate surface area is 184 Å². The van der Waals surface area contributed by atoms with Gasteiger partial charge in [0.05, 0.1) is 11.2 Å². The molecule has 1 fully saturated rings. The van der Waals surface area contributed by atoms with Gasteiger partial charge in [0.1, 0.15) is 11.7 Å². The van der Waals surface area contributed by atoms with Crippen molar-refractivity contribution in [2.45, 2.75) is 64.6 Å². The summed E-state index contributed by atoms with van der Waals surface area (Å²) in [4.78, 5) is 17.6. The highest BCUT2D eigenvalue weighted by molar-refractivity contribution is 5.85. The van der Waals surface area contributed by atoms with Gasteiger partial charge in [-0.3, -0.25) is 0 Å². The second kappa shape index (κ2) is 9.09. The quantitative estimate of drug-likeness (QED) is 0.413. The SMILES string of the molecule is CC(C)(C)OC(=O)OC(c1cc(-c2ccccc2)nc2ccccc12)C1CCCCC1. The zero-order valence-corrected chi connectivity index (χ0v) is 18.6. The van der Waals surface area contributed by atoms with Crippen LogP contribution in [0.15, 0.2) is 60.7 Å². The summed E-state index contributed by atoms with van der Waals surface area (Å²) < 4.78 is 11.6. The molecule has 1 atom stereocenters. The standard InChI is InChI=1S/C27H31NO3/c1-27(2,3)31-26(29)30-25(20-14-8-5-9-15-20)22-18-24(19-12-6-4-7-13-19)28-23-17-11-10-16-21(22)23/h4,6-7,10-13,16-18,20,25H,5,8-9,14-15H2,1-3H3. The lowest BCUT2D eigenvalue weighted by atomic mass is 9.81. The fourth-order valence-corrected chi connectivity index (χ4v) is 4.42. The Kier molecular flexibility index (Phi) is 6.26. The van der Waals surface area contributed by atoms with Gasteiger partial charge >= 0.3 is 6.16 Å². The van der Waals surface area contributed by atoms with Crippen LogP contribution >= 0.6 is 0 Å². The summed E-state index contributed by atoms with van der Waals surface area (Å²) in [5.74, 6) is 0.274. The maximum Gasteiger partial charge on any atom is 0.509 e. The number of hydrogen-bond donors (Lipinski definition) is 0. The van der Waals surface area contributed by atoms with E-state index < -0.39 is 11.8 Å². The molecule has 0 N–H and O–H groups in total. The molecule has 1 aliphatic carbocycles. The topological polar surface area (TPSA) is 48.4 Å². The van der Waals surface area contributed by atoms with E-state index in [-0.39, 0.29) is 12.0 Å². The third-order valence-corrected chi connectivity index (χ3v) is 5.81. The van der Waals surface area contributed by atoms with Crippen molar-refractivity contribution < 1.29 is 14.3 Å². The average molecular weight is 418 g/mol. The highest BCUT2D eigenvalue weighted by Gasteiger charge is 2.32. The predicted octanol–water partition coefficient (Wildman–Crippen LogP) is 7.47. The van der Waals surface area contributed by atoms with Crippen molar-refractivity contribution in [2.24, 2.45) is 5.92 Å². The molecule has 1 aromatic heterocycles. The summed E-state index contributed by atoms with van der Waals surface area (Å²) in [6.07, 6.45) is 4.69. The van der Waals surface area contributed by atoms with Crippen molar-refractivity contribution in [1.82, 2.24) is 4.98 Å². The first-order chi connectivity index (χ1) is 14.9. The first-order valence-corrected chi connectivity index (χ1v) is 11.3. The molecule has 1 saturated carbocycles. The molecule has 3 aromatic rings. The number of carbonyl (C=O) groups excluding carboxylic acids is 1. The zero-order valence-electron chi connectivity index (χ0n) is 18.6. The minimum atomic E-state index is -0.606. The number of hydrogen-bond acceptors (Lipinski definition) is 4. The molecule has 1 heterocycles. The van der Waals surface area contributed by atoms with Gasteiger partial charge in [0.25, 0.3) is 0 Å². The Hall–Kier alpha value is -2.88. The zero-order chi connectivity index (χ0) is 21.8. The Morgan fingerprint density at radius 2 is 1.65 bits per heavy atom. The van der Waals surface area contributed by atoms with Crippen LogP contribution < -0.4 is 0 Å². The van der Waals surface area contributed by atoms with Crippen molar-refractivity contribution in [3.8, 4) is 11.3 Å². The number of pyridine rings is 1. The Morgan fingerprint density at radius 1 is 0.968 bits per heavy atom. The summed E-state index contributed by atoms with van der Waals surface area (Å²) in [5.41, 5.74) is 3.27. The second-order valence-electron chi connectivity index (χ2n) is 9.38. The number of para-hydroxylation sites is 1. The van der Waals surface area contributed by atoms with Crippen LogP contribution in [0.1, 0.15) is 64.5 Å². The average Bonchev–Trinajstić information content (AvgIpc) is 2.77. The van der Waals surface area contributed by atoms with E-state index in [9.17, 15) is 4.79 Å². The minimum Gasteiger partial charge on any atom is -0.429 e. The maximum absolute atomic E-state index is 12.7. The third kappa shape index (κ3) is 5.25. The number of nitrogens with zero attached hydrogens (tertiary/aromatic N) is 1. The normalized spacial score (nSPS) is 16.1. The first kappa shape index (κ1) is 21.4. The lowest BCUT2D eigenvalue weighted by Crippen LogP contribution is -2.28. The van der Waals surface area contributed by atoms with Gasteiger partial charge in [-0.25, -0.2) is 9.78 Å². The fourth-order valence-electron chi connectivity index (χ4n) is 4.42. The lowest BCUT2D eigenvalue weighted by molar-refractivity contribution is -0.0442. The van der Waals surface area contributed by atoms with Crippen molar-refractivity contribution >= 4 is 17.1 Å². The second-order valence-corrected chi connectivity index (χ2v) is 9.38. The van der Waals surface area contributed by atoms with E-state index in [1.165, 1.54) is 6.42 Å². The molecule has 4 heteroatoms. The lowest BCUT2D eigenvalue weighted by Gasteiger charge is -2.32. The molecule has 1 unspecified atom stereocenters. The van der Waals surface area contributed by atoms with E-state index in [0.717, 1.165) is 53.4 Å². The Bertz CT molecular complexity index is 1030. The molecule has 0 saturated heterocycles. The molecule has 4 nitrogen and oxygen atoms in total. The summed E-state index contributed by atoms with van der Waals surface area (Å²) in [6.45, 7) is 5.58. The molecule has 0 bridgehead atoms. The smallest absolute Gasteiger partial charge is 0.429 e. The molecule has 0 spiro atoms. The highest BCUT2D eigenvalue weighted by atomic mass is 16.7.